The largest absolute Gasteiger partial charge is 0.481 e. The van der Waals surface area contributed by atoms with Crippen LogP contribution < -0.4 is 21.9 Å². The smallest absolute Gasteiger partial charge is 0.364 e. The number of amides is 1. The van der Waals surface area contributed by atoms with Gasteiger partial charge in [-0.2, -0.15) is 0 Å². The molecular formula is C36H48N4O19. The van der Waals surface area contributed by atoms with E-state index < -0.39 is 145 Å². The van der Waals surface area contributed by atoms with Gasteiger partial charge in [-0.15, -0.1) is 0 Å². The zero-order chi connectivity index (χ0) is 43.2. The predicted molar refractivity (Wildman–Crippen MR) is 193 cm³/mol. The van der Waals surface area contributed by atoms with Gasteiger partial charge in [-0.25, -0.2) is 14.4 Å². The maximum atomic E-state index is 13.6. The highest BCUT2D eigenvalue weighted by Gasteiger charge is 2.59. The van der Waals surface area contributed by atoms with E-state index >= 15 is 0 Å². The van der Waals surface area contributed by atoms with E-state index in [1.165, 1.54) is 31.2 Å². The zero-order valence-corrected chi connectivity index (χ0v) is 31.5. The molecule has 0 radical (unpaired) electrons. The second kappa shape index (κ2) is 19.6. The third-order valence-corrected chi connectivity index (χ3v) is 10.2. The quantitative estimate of drug-likeness (QED) is 0.0567. The molecule has 23 heteroatoms. The highest BCUT2D eigenvalue weighted by atomic mass is 16.8. The van der Waals surface area contributed by atoms with Gasteiger partial charge in [0.15, 0.2) is 12.4 Å². The summed E-state index contributed by atoms with van der Waals surface area (Å²) >= 11 is 0. The van der Waals surface area contributed by atoms with Gasteiger partial charge >= 0.3 is 23.6 Å². The molecule has 5 rings (SSSR count). The minimum absolute atomic E-state index is 0.0504. The van der Waals surface area contributed by atoms with Crippen LogP contribution >= 0.6 is 0 Å². The van der Waals surface area contributed by atoms with Crippen LogP contribution in [-0.2, 0) is 33.3 Å². The average molecular weight is 841 g/mol. The fourth-order valence-corrected chi connectivity index (χ4v) is 7.42. The molecule has 59 heavy (non-hydrogen) atoms. The number of aliphatic carboxylic acids is 2. The van der Waals surface area contributed by atoms with Crippen LogP contribution in [0.3, 0.4) is 0 Å². The SMILES string of the molecule is CC(O)NC1C(O)CC(OC2C(O)C(CO)OC(OC3CC(C(=O)O)CC(NC(=O)c4cc(=O)[nH]c(=O)[nH]4)C3O)C2OC(=O)c2ccccc2)(C(=O)O)OC1CCCO. The zero-order valence-electron chi connectivity index (χ0n) is 31.5. The van der Waals surface area contributed by atoms with E-state index in [-0.39, 0.29) is 31.4 Å². The first kappa shape index (κ1) is 45.4. The fourth-order valence-electron chi connectivity index (χ4n) is 7.42. The summed E-state index contributed by atoms with van der Waals surface area (Å²) in [5, 5.41) is 89.9. The number of nitrogens with one attached hydrogen (secondary N) is 4. The second-order valence-corrected chi connectivity index (χ2v) is 14.5. The number of aromatic amines is 2. The molecule has 14 atom stereocenters. The second-order valence-electron chi connectivity index (χ2n) is 14.5. The van der Waals surface area contributed by atoms with Crippen molar-refractivity contribution < 1.29 is 83.7 Å². The van der Waals surface area contributed by atoms with E-state index in [2.05, 4.69) is 15.6 Å². The molecule has 1 saturated carbocycles. The average Bonchev–Trinajstić information content (AvgIpc) is 3.18. The van der Waals surface area contributed by atoms with Crippen LogP contribution in [0.2, 0.25) is 0 Å². The first-order chi connectivity index (χ1) is 28.0. The molecule has 3 aliphatic rings. The topological polar surface area (TPSA) is 366 Å². The Morgan fingerprint density at radius 3 is 2.31 bits per heavy atom. The van der Waals surface area contributed by atoms with E-state index in [9.17, 15) is 69.6 Å². The van der Waals surface area contributed by atoms with Gasteiger partial charge in [0.25, 0.3) is 17.3 Å². The Balaban J connectivity index is 1.52. The van der Waals surface area contributed by atoms with E-state index in [1.807, 2.05) is 4.98 Å². The lowest BCUT2D eigenvalue weighted by Crippen LogP contribution is -2.69. The van der Waals surface area contributed by atoms with Crippen LogP contribution in [0.4, 0.5) is 0 Å². The number of carboxylic acids is 2. The molecule has 2 saturated heterocycles. The Hall–Kier alpha value is -4.66. The van der Waals surface area contributed by atoms with E-state index in [0.717, 1.165) is 6.07 Å². The van der Waals surface area contributed by atoms with Gasteiger partial charge in [-0.05, 0) is 44.7 Å². The van der Waals surface area contributed by atoms with Gasteiger partial charge in [0.2, 0.25) is 0 Å². The summed E-state index contributed by atoms with van der Waals surface area (Å²) in [6.07, 6.45) is -18.9. The number of aromatic nitrogens is 2. The van der Waals surface area contributed by atoms with Gasteiger partial charge < -0.3 is 74.8 Å². The number of esters is 1. The number of hydrogen-bond acceptors (Lipinski definition) is 18. The Bertz CT molecular complexity index is 1870. The number of carboxylic acid groups (broad SMARTS) is 2. The van der Waals surface area contributed by atoms with Gasteiger partial charge in [-0.3, -0.25) is 24.7 Å². The summed E-state index contributed by atoms with van der Waals surface area (Å²) in [4.78, 5) is 79.7. The molecule has 23 nitrogen and oxygen atoms in total. The first-order valence-corrected chi connectivity index (χ1v) is 18.7. The molecule has 1 aliphatic carbocycles. The van der Waals surface area contributed by atoms with Gasteiger partial charge in [0.1, 0.15) is 36.3 Å². The van der Waals surface area contributed by atoms with Gasteiger partial charge in [-0.1, -0.05) is 18.2 Å². The molecule has 14 unspecified atom stereocenters. The van der Waals surface area contributed by atoms with Crippen LogP contribution in [0.25, 0.3) is 0 Å². The maximum Gasteiger partial charge on any atom is 0.364 e. The Morgan fingerprint density at radius 2 is 1.69 bits per heavy atom. The number of aliphatic hydroxyl groups excluding tert-OH is 6. The molecule has 0 bridgehead atoms. The fraction of sp³-hybridized carbons (Fsp3) is 0.611. The van der Waals surface area contributed by atoms with Crippen LogP contribution in [0, 0.1) is 5.92 Å². The molecule has 3 fully saturated rings. The standard InChI is InChI=1S/C36H48N4O19/c1-15(43)37-25-20(44)13-36(34(52)53,58-21(25)8-5-9-41)59-28-27(47)23(14-42)56-33(29(28)57-32(51)16-6-3-2-4-7-16)55-22-11-17(31(49)50)10-18(26(22)46)38-30(48)19-12-24(45)40-35(54)39-19/h2-4,6-7,12,15,17-18,20-23,25-29,33,37,41-44,46-47H,5,8-11,13-14H2,1H3,(H,38,48)(H,49,50)(H,52,53)(H2,39,40,45,54). The molecule has 12 N–H and O–H groups in total. The number of rotatable bonds is 16. The number of aliphatic hydroxyl groups is 6. The highest BCUT2D eigenvalue weighted by Crippen LogP contribution is 2.39. The van der Waals surface area contributed by atoms with Crippen molar-refractivity contribution in [2.75, 3.05) is 13.2 Å². The number of benzene rings is 1. The Labute approximate surface area is 333 Å². The Kier molecular flexibility index (Phi) is 15.1. The lowest BCUT2D eigenvalue weighted by Gasteiger charge is -2.50. The minimum atomic E-state index is -2.84. The van der Waals surface area contributed by atoms with Crippen LogP contribution in [0.5, 0.6) is 0 Å². The summed E-state index contributed by atoms with van der Waals surface area (Å²) < 4.78 is 29.7. The van der Waals surface area contributed by atoms with Crippen LogP contribution in [0.1, 0.15) is 59.9 Å². The third kappa shape index (κ3) is 10.8. The molecule has 0 spiro atoms. The number of hydrogen-bond donors (Lipinski definition) is 12. The van der Waals surface area contributed by atoms with Crippen LogP contribution in [-0.4, -0.2) is 167 Å². The number of ether oxygens (including phenoxy) is 5. The summed E-state index contributed by atoms with van der Waals surface area (Å²) in [5.74, 6) is -9.52. The minimum Gasteiger partial charge on any atom is -0.481 e. The highest BCUT2D eigenvalue weighted by molar-refractivity contribution is 5.92. The van der Waals surface area contributed by atoms with Gasteiger partial charge in [0, 0.05) is 19.1 Å². The van der Waals surface area contributed by atoms with Crippen molar-refractivity contribution in [1.82, 2.24) is 20.6 Å². The summed E-state index contributed by atoms with van der Waals surface area (Å²) in [5.41, 5.74) is -2.51. The molecule has 1 amide bonds. The van der Waals surface area contributed by atoms with Crippen molar-refractivity contribution in [2.45, 2.75) is 118 Å². The monoisotopic (exact) mass is 840 g/mol. The molecule has 2 aliphatic heterocycles. The van der Waals surface area contributed by atoms with E-state index in [0.29, 0.717) is 0 Å². The van der Waals surface area contributed by atoms with Crippen molar-refractivity contribution in [2.24, 2.45) is 5.92 Å². The van der Waals surface area contributed by atoms with E-state index in [1.54, 1.807) is 6.07 Å². The predicted octanol–water partition coefficient (Wildman–Crippen LogP) is -3.91. The number of carbonyl (C=O) groups excluding carboxylic acids is 2. The van der Waals surface area contributed by atoms with Crippen LogP contribution in [0.15, 0.2) is 46.0 Å². The molecule has 1 aromatic carbocycles. The number of H-pyrrole nitrogens is 2. The lowest BCUT2D eigenvalue weighted by molar-refractivity contribution is -0.370. The number of carbonyl (C=O) groups is 4. The first-order valence-electron chi connectivity index (χ1n) is 18.7. The normalized spacial score (nSPS) is 34.0. The van der Waals surface area contributed by atoms with Crippen molar-refractivity contribution in [1.29, 1.82) is 0 Å². The molecular weight excluding hydrogens is 792 g/mol. The van der Waals surface area contributed by atoms with Crippen molar-refractivity contribution in [3.05, 3.63) is 68.5 Å². The van der Waals surface area contributed by atoms with Crippen molar-refractivity contribution in [3.8, 4) is 0 Å². The van der Waals surface area contributed by atoms with E-state index in [4.69, 9.17) is 23.7 Å². The molecule has 326 valence electrons. The molecule has 2 aromatic rings. The maximum absolute atomic E-state index is 13.6. The summed E-state index contributed by atoms with van der Waals surface area (Å²) in [7, 11) is 0. The Morgan fingerprint density at radius 1 is 0.983 bits per heavy atom. The van der Waals surface area contributed by atoms with Crippen molar-refractivity contribution in [3.63, 3.8) is 0 Å². The van der Waals surface area contributed by atoms with Gasteiger partial charge in [0.05, 0.1) is 48.5 Å². The lowest BCUT2D eigenvalue weighted by atomic mass is 9.81. The summed E-state index contributed by atoms with van der Waals surface area (Å²) in [6.45, 7) is -0.00481. The summed E-state index contributed by atoms with van der Waals surface area (Å²) in [6, 6.07) is 5.54. The molecule has 3 heterocycles. The molecule has 1 aromatic heterocycles. The third-order valence-electron chi connectivity index (χ3n) is 10.2. The van der Waals surface area contributed by atoms with Crippen molar-refractivity contribution >= 4 is 23.8 Å².